The molecule has 0 radical (unpaired) electrons. The Labute approximate surface area is 186 Å². The molecule has 31 heavy (non-hydrogen) atoms. The van der Waals surface area contributed by atoms with Gasteiger partial charge < -0.3 is 10.0 Å². The minimum absolute atomic E-state index is 0.324. The topological polar surface area (TPSA) is 43.8 Å². The van der Waals surface area contributed by atoms with Crippen molar-refractivity contribution in [3.05, 3.63) is 54.1 Å². The molecule has 4 heteroatoms. The van der Waals surface area contributed by atoms with Gasteiger partial charge in [-0.1, -0.05) is 45.0 Å². The van der Waals surface area contributed by atoms with E-state index in [1.165, 1.54) is 31.4 Å². The van der Waals surface area contributed by atoms with Crippen molar-refractivity contribution in [1.82, 2.24) is 4.90 Å². The summed E-state index contributed by atoms with van der Waals surface area (Å²) < 4.78 is 0. The number of anilines is 1. The number of carboxylic acid groups (broad SMARTS) is 1. The maximum absolute atomic E-state index is 11.0. The van der Waals surface area contributed by atoms with Crippen LogP contribution in [0.4, 0.5) is 5.69 Å². The predicted molar refractivity (Wildman–Crippen MR) is 128 cm³/mol. The fourth-order valence-electron chi connectivity index (χ4n) is 5.32. The first-order valence-electron chi connectivity index (χ1n) is 11.7. The third-order valence-corrected chi connectivity index (χ3v) is 7.45. The summed E-state index contributed by atoms with van der Waals surface area (Å²) in [5.41, 5.74) is 4.23. The Kier molecular flexibility index (Phi) is 6.38. The van der Waals surface area contributed by atoms with Gasteiger partial charge >= 0.3 is 5.97 Å². The minimum Gasteiger partial charge on any atom is -0.478 e. The maximum atomic E-state index is 11.0. The lowest BCUT2D eigenvalue weighted by Gasteiger charge is -2.44. The molecule has 1 aliphatic heterocycles. The van der Waals surface area contributed by atoms with Gasteiger partial charge in [0.2, 0.25) is 0 Å². The highest BCUT2D eigenvalue weighted by Gasteiger charge is 2.33. The number of benzene rings is 2. The Morgan fingerprint density at radius 3 is 1.81 bits per heavy atom. The van der Waals surface area contributed by atoms with E-state index in [0.717, 1.165) is 49.3 Å². The Bertz CT molecular complexity index is 867. The van der Waals surface area contributed by atoms with E-state index in [-0.39, 0.29) is 0 Å². The average molecular weight is 421 g/mol. The zero-order valence-corrected chi connectivity index (χ0v) is 19.2. The van der Waals surface area contributed by atoms with Gasteiger partial charge in [-0.15, -0.1) is 0 Å². The molecular formula is C27H36N2O2. The van der Waals surface area contributed by atoms with Crippen LogP contribution in [-0.2, 0) is 0 Å². The predicted octanol–water partition coefficient (Wildman–Crippen LogP) is 5.78. The third-order valence-electron chi connectivity index (χ3n) is 7.45. The maximum Gasteiger partial charge on any atom is 0.335 e. The SMILES string of the molecule is CC(C)(C)C1CCC(N2CCN(c3ccc(-c4ccc(C(=O)O)cc4)cc3)CC2)CC1. The molecule has 2 fully saturated rings. The molecule has 1 heterocycles. The van der Waals surface area contributed by atoms with Crippen LogP contribution in [0.1, 0.15) is 56.8 Å². The molecule has 0 unspecified atom stereocenters. The van der Waals surface area contributed by atoms with Crippen molar-refractivity contribution in [1.29, 1.82) is 0 Å². The lowest BCUT2D eigenvalue weighted by atomic mass is 9.71. The molecule has 1 saturated heterocycles. The van der Waals surface area contributed by atoms with E-state index in [1.807, 2.05) is 12.1 Å². The number of nitrogens with zero attached hydrogens (tertiary/aromatic N) is 2. The lowest BCUT2D eigenvalue weighted by molar-refractivity contribution is 0.0697. The van der Waals surface area contributed by atoms with Crippen molar-refractivity contribution >= 4 is 11.7 Å². The van der Waals surface area contributed by atoms with Crippen molar-refractivity contribution in [2.45, 2.75) is 52.5 Å². The number of aromatic carboxylic acids is 1. The summed E-state index contributed by atoms with van der Waals surface area (Å²) in [4.78, 5) is 16.3. The summed E-state index contributed by atoms with van der Waals surface area (Å²) in [6, 6.07) is 16.6. The molecule has 1 saturated carbocycles. The molecule has 0 spiro atoms. The monoisotopic (exact) mass is 420 g/mol. The van der Waals surface area contributed by atoms with Crippen LogP contribution in [-0.4, -0.2) is 48.2 Å². The van der Waals surface area contributed by atoms with Crippen LogP contribution in [0.3, 0.4) is 0 Å². The fraction of sp³-hybridized carbons (Fsp3) is 0.519. The molecule has 0 amide bonds. The number of carbonyl (C=O) groups is 1. The van der Waals surface area contributed by atoms with Crippen LogP contribution in [0.5, 0.6) is 0 Å². The van der Waals surface area contributed by atoms with Gasteiger partial charge in [-0.3, -0.25) is 4.90 Å². The standard InChI is InChI=1S/C27H36N2O2/c1-27(2,3)23-10-14-25(15-11-23)29-18-16-28(17-19-29)24-12-8-21(9-13-24)20-4-6-22(7-5-20)26(30)31/h4-9,12-13,23,25H,10-11,14-19H2,1-3H3,(H,30,31). The van der Waals surface area contributed by atoms with Crippen LogP contribution in [0.2, 0.25) is 0 Å². The summed E-state index contributed by atoms with van der Waals surface area (Å²) in [5, 5.41) is 9.06. The van der Waals surface area contributed by atoms with Gasteiger partial charge in [0.15, 0.2) is 0 Å². The van der Waals surface area contributed by atoms with E-state index in [9.17, 15) is 4.79 Å². The van der Waals surface area contributed by atoms with Gasteiger partial charge in [-0.25, -0.2) is 4.79 Å². The number of hydrogen-bond acceptors (Lipinski definition) is 3. The van der Waals surface area contributed by atoms with Crippen LogP contribution in [0, 0.1) is 11.3 Å². The summed E-state index contributed by atoms with van der Waals surface area (Å²) >= 11 is 0. The second-order valence-corrected chi connectivity index (χ2v) is 10.3. The van der Waals surface area contributed by atoms with E-state index >= 15 is 0 Å². The van der Waals surface area contributed by atoms with Gasteiger partial charge in [0.1, 0.15) is 0 Å². The molecular weight excluding hydrogens is 384 g/mol. The smallest absolute Gasteiger partial charge is 0.335 e. The van der Waals surface area contributed by atoms with Gasteiger partial charge in [-0.05, 0) is 72.4 Å². The third kappa shape index (κ3) is 5.12. The van der Waals surface area contributed by atoms with Crippen LogP contribution in [0.15, 0.2) is 48.5 Å². The second kappa shape index (κ2) is 9.04. The molecule has 1 aliphatic carbocycles. The summed E-state index contributed by atoms with van der Waals surface area (Å²) in [6.07, 6.45) is 5.47. The summed E-state index contributed by atoms with van der Waals surface area (Å²) in [5.74, 6) is -0.00725. The molecule has 2 aromatic carbocycles. The minimum atomic E-state index is -0.886. The molecule has 4 rings (SSSR count). The zero-order valence-electron chi connectivity index (χ0n) is 19.2. The molecule has 0 bridgehead atoms. The highest BCUT2D eigenvalue weighted by atomic mass is 16.4. The Balaban J connectivity index is 1.31. The van der Waals surface area contributed by atoms with Crippen molar-refractivity contribution in [3.63, 3.8) is 0 Å². The van der Waals surface area contributed by atoms with Crippen molar-refractivity contribution in [3.8, 4) is 11.1 Å². The largest absolute Gasteiger partial charge is 0.478 e. The van der Waals surface area contributed by atoms with Crippen LogP contribution < -0.4 is 4.90 Å². The van der Waals surface area contributed by atoms with Gasteiger partial charge in [0, 0.05) is 37.9 Å². The van der Waals surface area contributed by atoms with Crippen molar-refractivity contribution in [2.24, 2.45) is 11.3 Å². The highest BCUT2D eigenvalue weighted by Crippen LogP contribution is 2.39. The Morgan fingerprint density at radius 2 is 1.32 bits per heavy atom. The lowest BCUT2D eigenvalue weighted by Crippen LogP contribution is -2.51. The van der Waals surface area contributed by atoms with Crippen molar-refractivity contribution < 1.29 is 9.90 Å². The van der Waals surface area contributed by atoms with E-state index in [0.29, 0.717) is 11.0 Å². The molecule has 2 aliphatic rings. The second-order valence-electron chi connectivity index (χ2n) is 10.3. The van der Waals surface area contributed by atoms with E-state index in [4.69, 9.17) is 5.11 Å². The van der Waals surface area contributed by atoms with Gasteiger partial charge in [0.25, 0.3) is 0 Å². The molecule has 0 atom stereocenters. The molecule has 4 nitrogen and oxygen atoms in total. The van der Waals surface area contributed by atoms with Crippen LogP contribution in [0.25, 0.3) is 11.1 Å². The van der Waals surface area contributed by atoms with Crippen molar-refractivity contribution in [2.75, 3.05) is 31.1 Å². The molecule has 1 N–H and O–H groups in total. The first kappa shape index (κ1) is 21.9. The van der Waals surface area contributed by atoms with Crippen LogP contribution >= 0.6 is 0 Å². The van der Waals surface area contributed by atoms with E-state index < -0.39 is 5.97 Å². The fourth-order valence-corrected chi connectivity index (χ4v) is 5.32. The highest BCUT2D eigenvalue weighted by molar-refractivity contribution is 5.88. The number of carboxylic acids is 1. The van der Waals surface area contributed by atoms with Gasteiger partial charge in [-0.2, -0.15) is 0 Å². The van der Waals surface area contributed by atoms with E-state index in [1.54, 1.807) is 12.1 Å². The first-order valence-corrected chi connectivity index (χ1v) is 11.7. The number of rotatable bonds is 4. The quantitative estimate of drug-likeness (QED) is 0.681. The molecule has 166 valence electrons. The molecule has 2 aromatic rings. The van der Waals surface area contributed by atoms with E-state index in [2.05, 4.69) is 54.8 Å². The molecule has 0 aromatic heterocycles. The Hall–Kier alpha value is -2.33. The summed E-state index contributed by atoms with van der Waals surface area (Å²) in [6.45, 7) is 11.7. The first-order chi connectivity index (χ1) is 14.8. The zero-order chi connectivity index (χ0) is 22.0. The number of hydrogen-bond donors (Lipinski definition) is 1. The summed E-state index contributed by atoms with van der Waals surface area (Å²) in [7, 11) is 0. The average Bonchev–Trinajstić information content (AvgIpc) is 2.79. The number of piperazine rings is 1. The normalized spacial score (nSPS) is 23.0. The Morgan fingerprint density at radius 1 is 0.806 bits per heavy atom. The van der Waals surface area contributed by atoms with Gasteiger partial charge in [0.05, 0.1) is 5.56 Å².